The smallest absolute Gasteiger partial charge is 0.0721 e. The first-order chi connectivity index (χ1) is 8.93. The minimum absolute atomic E-state index is 0.688. The number of benzene rings is 1. The lowest BCUT2D eigenvalue weighted by atomic mass is 10.2. The lowest BCUT2D eigenvalue weighted by Crippen LogP contribution is -1.91. The average Bonchev–Trinajstić information content (AvgIpc) is 2.42. The van der Waals surface area contributed by atoms with E-state index in [0.717, 1.165) is 12.8 Å². The van der Waals surface area contributed by atoms with Crippen molar-refractivity contribution in [2.75, 3.05) is 6.61 Å². The average molecular weight is 242 g/mol. The summed E-state index contributed by atoms with van der Waals surface area (Å²) >= 11 is 0. The Morgan fingerprint density at radius 1 is 1.00 bits per heavy atom. The van der Waals surface area contributed by atoms with Crippen LogP contribution in [-0.4, -0.2) is 6.61 Å². The highest BCUT2D eigenvalue weighted by Crippen LogP contribution is 2.01. The first kappa shape index (κ1) is 14.5. The van der Waals surface area contributed by atoms with Crippen molar-refractivity contribution in [1.82, 2.24) is 0 Å². The molecule has 0 aliphatic carbocycles. The van der Waals surface area contributed by atoms with E-state index in [1.807, 2.05) is 30.4 Å². The van der Waals surface area contributed by atoms with Crippen molar-refractivity contribution in [1.29, 1.82) is 0 Å². The minimum atomic E-state index is 0.688. The Labute approximate surface area is 110 Å². The SMILES string of the molecule is C=C/C=C/CCC/C=C/COCc1ccccc1. The Morgan fingerprint density at radius 2 is 1.78 bits per heavy atom. The summed E-state index contributed by atoms with van der Waals surface area (Å²) in [7, 11) is 0. The zero-order chi connectivity index (χ0) is 12.9. The molecule has 0 unspecified atom stereocenters. The van der Waals surface area contributed by atoms with Crippen LogP contribution in [0.15, 0.2) is 67.3 Å². The molecule has 0 aliphatic heterocycles. The van der Waals surface area contributed by atoms with E-state index < -0.39 is 0 Å². The van der Waals surface area contributed by atoms with Crippen LogP contribution in [0.25, 0.3) is 0 Å². The molecule has 0 fully saturated rings. The molecule has 0 amide bonds. The third-order valence-corrected chi connectivity index (χ3v) is 2.51. The van der Waals surface area contributed by atoms with Gasteiger partial charge in [0.05, 0.1) is 13.2 Å². The van der Waals surface area contributed by atoms with Gasteiger partial charge in [-0.2, -0.15) is 0 Å². The summed E-state index contributed by atoms with van der Waals surface area (Å²) in [6.07, 6.45) is 13.6. The molecule has 1 aromatic rings. The summed E-state index contributed by atoms with van der Waals surface area (Å²) in [6, 6.07) is 10.2. The minimum Gasteiger partial charge on any atom is -0.373 e. The number of unbranched alkanes of at least 4 members (excludes halogenated alkanes) is 2. The highest BCUT2D eigenvalue weighted by Gasteiger charge is 1.88. The normalized spacial score (nSPS) is 11.3. The number of ether oxygens (including phenoxy) is 1. The van der Waals surface area contributed by atoms with Gasteiger partial charge in [-0.1, -0.05) is 67.3 Å². The predicted octanol–water partition coefficient (Wildman–Crippen LogP) is 4.67. The van der Waals surface area contributed by atoms with Crippen molar-refractivity contribution >= 4 is 0 Å². The van der Waals surface area contributed by atoms with E-state index in [0.29, 0.717) is 13.2 Å². The molecule has 18 heavy (non-hydrogen) atoms. The molecule has 0 saturated heterocycles. The van der Waals surface area contributed by atoms with Crippen LogP contribution in [0.1, 0.15) is 24.8 Å². The Kier molecular flexibility index (Phi) is 8.47. The number of allylic oxidation sites excluding steroid dienone is 4. The van der Waals surface area contributed by atoms with Crippen molar-refractivity contribution in [2.45, 2.75) is 25.9 Å². The molecule has 96 valence electrons. The molecule has 0 bridgehead atoms. The van der Waals surface area contributed by atoms with Crippen LogP contribution >= 0.6 is 0 Å². The van der Waals surface area contributed by atoms with Crippen LogP contribution in [-0.2, 0) is 11.3 Å². The fraction of sp³-hybridized carbons (Fsp3) is 0.294. The van der Waals surface area contributed by atoms with Crippen molar-refractivity contribution in [2.24, 2.45) is 0 Å². The third kappa shape index (κ3) is 7.64. The molecule has 0 N–H and O–H groups in total. The summed E-state index contributed by atoms with van der Waals surface area (Å²) in [4.78, 5) is 0. The first-order valence-corrected chi connectivity index (χ1v) is 6.47. The molecule has 0 spiro atoms. The number of rotatable bonds is 9. The van der Waals surface area contributed by atoms with Crippen LogP contribution in [0.5, 0.6) is 0 Å². The van der Waals surface area contributed by atoms with Crippen molar-refractivity contribution in [3.05, 3.63) is 72.9 Å². The summed E-state index contributed by atoms with van der Waals surface area (Å²) in [5.41, 5.74) is 1.22. The largest absolute Gasteiger partial charge is 0.373 e. The van der Waals surface area contributed by atoms with E-state index in [-0.39, 0.29) is 0 Å². The van der Waals surface area contributed by atoms with Crippen LogP contribution < -0.4 is 0 Å². The molecular formula is C17H22O. The second-order valence-corrected chi connectivity index (χ2v) is 4.07. The molecule has 1 rings (SSSR count). The van der Waals surface area contributed by atoms with E-state index in [2.05, 4.69) is 36.9 Å². The lowest BCUT2D eigenvalue weighted by Gasteiger charge is -2.00. The maximum absolute atomic E-state index is 5.55. The van der Waals surface area contributed by atoms with Gasteiger partial charge in [0.1, 0.15) is 0 Å². The van der Waals surface area contributed by atoms with Crippen LogP contribution in [0, 0.1) is 0 Å². The summed E-state index contributed by atoms with van der Waals surface area (Å²) in [6.45, 7) is 5.02. The Balaban J connectivity index is 1.97. The van der Waals surface area contributed by atoms with E-state index in [4.69, 9.17) is 4.74 Å². The lowest BCUT2D eigenvalue weighted by molar-refractivity contribution is 0.148. The Morgan fingerprint density at radius 3 is 2.56 bits per heavy atom. The molecule has 0 radical (unpaired) electrons. The van der Waals surface area contributed by atoms with Gasteiger partial charge in [-0.15, -0.1) is 0 Å². The van der Waals surface area contributed by atoms with Crippen LogP contribution in [0.3, 0.4) is 0 Å². The van der Waals surface area contributed by atoms with Gasteiger partial charge in [0.2, 0.25) is 0 Å². The standard InChI is InChI=1S/C17H22O/c1-2-3-4-5-6-7-8-12-15-18-16-17-13-10-9-11-14-17/h2-4,8-14H,1,5-7,15-16H2/b4-3+,12-8+. The number of hydrogen-bond donors (Lipinski definition) is 0. The molecule has 0 aliphatic rings. The van der Waals surface area contributed by atoms with Gasteiger partial charge in [0.25, 0.3) is 0 Å². The highest BCUT2D eigenvalue weighted by atomic mass is 16.5. The fourth-order valence-corrected chi connectivity index (χ4v) is 1.55. The van der Waals surface area contributed by atoms with E-state index >= 15 is 0 Å². The Bertz CT molecular complexity index is 362. The van der Waals surface area contributed by atoms with E-state index in [1.54, 1.807) is 0 Å². The van der Waals surface area contributed by atoms with Gasteiger partial charge in [-0.05, 0) is 24.8 Å². The summed E-state index contributed by atoms with van der Waals surface area (Å²) < 4.78 is 5.55. The maximum atomic E-state index is 5.55. The monoisotopic (exact) mass is 242 g/mol. The molecule has 1 nitrogen and oxygen atoms in total. The molecule has 0 saturated carbocycles. The molecule has 1 heteroatoms. The second-order valence-electron chi connectivity index (χ2n) is 4.07. The quantitative estimate of drug-likeness (QED) is 0.347. The second kappa shape index (κ2) is 10.5. The molecular weight excluding hydrogens is 220 g/mol. The van der Waals surface area contributed by atoms with E-state index in [1.165, 1.54) is 12.0 Å². The molecule has 0 aromatic heterocycles. The predicted molar refractivity (Wildman–Crippen MR) is 78.4 cm³/mol. The zero-order valence-electron chi connectivity index (χ0n) is 10.9. The highest BCUT2D eigenvalue weighted by molar-refractivity contribution is 5.13. The Hall–Kier alpha value is -1.60. The van der Waals surface area contributed by atoms with Gasteiger partial charge >= 0.3 is 0 Å². The number of hydrogen-bond acceptors (Lipinski definition) is 1. The van der Waals surface area contributed by atoms with Gasteiger partial charge in [0, 0.05) is 0 Å². The summed E-state index contributed by atoms with van der Waals surface area (Å²) in [5.74, 6) is 0. The maximum Gasteiger partial charge on any atom is 0.0721 e. The van der Waals surface area contributed by atoms with Gasteiger partial charge in [-0.3, -0.25) is 0 Å². The zero-order valence-corrected chi connectivity index (χ0v) is 10.9. The summed E-state index contributed by atoms with van der Waals surface area (Å²) in [5, 5.41) is 0. The van der Waals surface area contributed by atoms with E-state index in [9.17, 15) is 0 Å². The van der Waals surface area contributed by atoms with Crippen molar-refractivity contribution < 1.29 is 4.74 Å². The van der Waals surface area contributed by atoms with Gasteiger partial charge in [-0.25, -0.2) is 0 Å². The fourth-order valence-electron chi connectivity index (χ4n) is 1.55. The first-order valence-electron chi connectivity index (χ1n) is 6.47. The third-order valence-electron chi connectivity index (χ3n) is 2.51. The van der Waals surface area contributed by atoms with Crippen molar-refractivity contribution in [3.8, 4) is 0 Å². The molecule has 1 aromatic carbocycles. The molecule has 0 heterocycles. The van der Waals surface area contributed by atoms with Crippen LogP contribution in [0.4, 0.5) is 0 Å². The molecule has 0 atom stereocenters. The van der Waals surface area contributed by atoms with Gasteiger partial charge in [0.15, 0.2) is 0 Å². The van der Waals surface area contributed by atoms with Crippen molar-refractivity contribution in [3.63, 3.8) is 0 Å². The van der Waals surface area contributed by atoms with Crippen LogP contribution in [0.2, 0.25) is 0 Å². The topological polar surface area (TPSA) is 9.23 Å². The van der Waals surface area contributed by atoms with Gasteiger partial charge < -0.3 is 4.74 Å².